The van der Waals surface area contributed by atoms with E-state index in [2.05, 4.69) is 20.9 Å². The van der Waals surface area contributed by atoms with Crippen molar-refractivity contribution in [3.05, 3.63) is 42.2 Å². The van der Waals surface area contributed by atoms with Crippen molar-refractivity contribution < 1.29 is 9.90 Å². The number of anilines is 1. The lowest BCUT2D eigenvalue weighted by Gasteiger charge is -2.34. The highest BCUT2D eigenvalue weighted by molar-refractivity contribution is 5.77. The Morgan fingerprint density at radius 2 is 1.90 bits per heavy atom. The number of piperidine rings is 1. The first-order valence-corrected chi connectivity index (χ1v) is 10.6. The van der Waals surface area contributed by atoms with Crippen LogP contribution in [0.5, 0.6) is 0 Å². The molecule has 30 heavy (non-hydrogen) atoms. The summed E-state index contributed by atoms with van der Waals surface area (Å²) in [5.74, 6) is 1.22. The van der Waals surface area contributed by atoms with Gasteiger partial charge in [0.15, 0.2) is 0 Å². The van der Waals surface area contributed by atoms with E-state index in [0.717, 1.165) is 55.0 Å². The summed E-state index contributed by atoms with van der Waals surface area (Å²) in [4.78, 5) is 24.7. The molecule has 1 aromatic heterocycles. The van der Waals surface area contributed by atoms with Gasteiger partial charge in [0.25, 0.3) is 0 Å². The van der Waals surface area contributed by atoms with Gasteiger partial charge in [-0.15, -0.1) is 0 Å². The van der Waals surface area contributed by atoms with Crippen LogP contribution in [0.25, 0.3) is 11.1 Å². The van der Waals surface area contributed by atoms with Crippen LogP contribution in [0.15, 0.2) is 36.7 Å². The van der Waals surface area contributed by atoms with Crippen molar-refractivity contribution >= 4 is 11.9 Å². The fourth-order valence-electron chi connectivity index (χ4n) is 4.04. The molecule has 1 fully saturated rings. The van der Waals surface area contributed by atoms with E-state index in [1.54, 1.807) is 11.9 Å². The molecular formula is C23H33N5O2. The monoisotopic (exact) mass is 411 g/mol. The lowest BCUT2D eigenvalue weighted by Crippen LogP contribution is -2.37. The van der Waals surface area contributed by atoms with Crippen molar-refractivity contribution in [3.8, 4) is 11.1 Å². The van der Waals surface area contributed by atoms with E-state index in [4.69, 9.17) is 5.73 Å². The summed E-state index contributed by atoms with van der Waals surface area (Å²) in [5, 5.41) is 10.0. The lowest BCUT2D eigenvalue weighted by molar-refractivity contribution is -0.128. The van der Waals surface area contributed by atoms with Gasteiger partial charge in [-0.2, -0.15) is 0 Å². The maximum Gasteiger partial charge on any atom is 0.236 e. The van der Waals surface area contributed by atoms with E-state index >= 15 is 0 Å². The van der Waals surface area contributed by atoms with Gasteiger partial charge in [0.05, 0.1) is 12.1 Å². The number of likely N-dealkylation sites (N-methyl/N-ethyl adjacent to an activating group) is 1. The maximum atomic E-state index is 11.7. The highest BCUT2D eigenvalue weighted by atomic mass is 16.3. The second kappa shape index (κ2) is 9.53. The Morgan fingerprint density at radius 1 is 1.23 bits per heavy atom. The number of rotatable bonds is 7. The summed E-state index contributed by atoms with van der Waals surface area (Å²) >= 11 is 0. The van der Waals surface area contributed by atoms with Crippen LogP contribution in [0.2, 0.25) is 0 Å². The third kappa shape index (κ3) is 6.00. The van der Waals surface area contributed by atoms with Crippen LogP contribution in [0.4, 0.5) is 5.95 Å². The molecule has 0 radical (unpaired) electrons. The van der Waals surface area contributed by atoms with Crippen LogP contribution in [0, 0.1) is 5.92 Å². The van der Waals surface area contributed by atoms with Crippen molar-refractivity contribution in [2.45, 2.75) is 45.3 Å². The number of carbonyl (C=O) groups is 1. The Hall–Kier alpha value is -2.51. The Kier molecular flexibility index (Phi) is 7.05. The van der Waals surface area contributed by atoms with Gasteiger partial charge in [-0.1, -0.05) is 18.2 Å². The Balaban J connectivity index is 1.62. The molecule has 2 aromatic rings. The third-order valence-electron chi connectivity index (χ3n) is 5.60. The molecule has 0 spiro atoms. The number of hydrogen-bond acceptors (Lipinski definition) is 6. The molecule has 0 aliphatic carbocycles. The normalized spacial score (nSPS) is 15.3. The molecule has 3 rings (SSSR count). The van der Waals surface area contributed by atoms with Crippen LogP contribution in [-0.2, 0) is 11.3 Å². The number of benzene rings is 1. The molecule has 7 heteroatoms. The van der Waals surface area contributed by atoms with Gasteiger partial charge in [0.1, 0.15) is 0 Å². The van der Waals surface area contributed by atoms with Crippen LogP contribution in [0.3, 0.4) is 0 Å². The molecule has 0 saturated carbocycles. The third-order valence-corrected chi connectivity index (χ3v) is 5.60. The number of aromatic nitrogens is 2. The standard InChI is InChI=1S/C23H33N5O2/c1-23(2,30)12-17-7-9-28(10-8-17)22-25-14-20(15-26-22)19-6-4-5-18(11-19)16-27(3)21(29)13-24/h4-6,11,14-15,17,30H,7-10,12-13,16,24H2,1-3H3. The molecule has 2 heterocycles. The number of aliphatic hydroxyl groups is 1. The predicted octanol–water partition coefficient (Wildman–Crippen LogP) is 2.44. The van der Waals surface area contributed by atoms with E-state index in [0.29, 0.717) is 12.5 Å². The largest absolute Gasteiger partial charge is 0.390 e. The van der Waals surface area contributed by atoms with Crippen molar-refractivity contribution in [1.29, 1.82) is 0 Å². The first kappa shape index (κ1) is 22.2. The smallest absolute Gasteiger partial charge is 0.236 e. The quantitative estimate of drug-likeness (QED) is 0.727. The summed E-state index contributed by atoms with van der Waals surface area (Å²) in [5.41, 5.74) is 7.84. The van der Waals surface area contributed by atoms with Crippen LogP contribution in [0.1, 0.15) is 38.7 Å². The lowest BCUT2D eigenvalue weighted by atomic mass is 9.86. The molecule has 1 aliphatic rings. The molecule has 0 atom stereocenters. The second-order valence-corrected chi connectivity index (χ2v) is 8.87. The summed E-state index contributed by atoms with van der Waals surface area (Å²) in [6.45, 7) is 6.12. The highest BCUT2D eigenvalue weighted by Gasteiger charge is 2.25. The summed E-state index contributed by atoms with van der Waals surface area (Å²) < 4.78 is 0. The van der Waals surface area contributed by atoms with E-state index < -0.39 is 5.60 Å². The van der Waals surface area contributed by atoms with Gasteiger partial charge in [-0.3, -0.25) is 4.79 Å². The zero-order valence-electron chi connectivity index (χ0n) is 18.2. The summed E-state index contributed by atoms with van der Waals surface area (Å²) in [6, 6.07) is 8.05. The SMILES string of the molecule is CN(Cc1cccc(-c2cnc(N3CCC(CC(C)(C)O)CC3)nc2)c1)C(=O)CN. The average Bonchev–Trinajstić information content (AvgIpc) is 2.73. The van der Waals surface area contributed by atoms with Gasteiger partial charge in [-0.25, -0.2) is 9.97 Å². The zero-order chi connectivity index (χ0) is 21.7. The number of amides is 1. The zero-order valence-corrected chi connectivity index (χ0v) is 18.2. The minimum absolute atomic E-state index is 0.0144. The van der Waals surface area contributed by atoms with Gasteiger partial charge in [0.2, 0.25) is 11.9 Å². The maximum absolute atomic E-state index is 11.7. The molecule has 1 amide bonds. The highest BCUT2D eigenvalue weighted by Crippen LogP contribution is 2.28. The minimum Gasteiger partial charge on any atom is -0.390 e. The molecule has 3 N–H and O–H groups in total. The van der Waals surface area contributed by atoms with Crippen LogP contribution >= 0.6 is 0 Å². The average molecular weight is 412 g/mol. The Morgan fingerprint density at radius 3 is 2.50 bits per heavy atom. The molecule has 1 aromatic carbocycles. The minimum atomic E-state index is -0.605. The fourth-order valence-corrected chi connectivity index (χ4v) is 4.04. The van der Waals surface area contributed by atoms with E-state index in [9.17, 15) is 9.90 Å². The predicted molar refractivity (Wildman–Crippen MR) is 119 cm³/mol. The van der Waals surface area contributed by atoms with Crippen LogP contribution in [-0.4, -0.2) is 58.2 Å². The Bertz CT molecular complexity index is 839. The molecule has 1 aliphatic heterocycles. The topological polar surface area (TPSA) is 95.6 Å². The summed E-state index contributed by atoms with van der Waals surface area (Å²) in [7, 11) is 1.75. The first-order chi connectivity index (χ1) is 14.2. The van der Waals surface area contributed by atoms with E-state index in [-0.39, 0.29) is 12.5 Å². The number of nitrogens with two attached hydrogens (primary N) is 1. The van der Waals surface area contributed by atoms with Gasteiger partial charge >= 0.3 is 0 Å². The first-order valence-electron chi connectivity index (χ1n) is 10.6. The van der Waals surface area contributed by atoms with Gasteiger partial charge in [0, 0.05) is 44.6 Å². The molecule has 162 valence electrons. The van der Waals surface area contributed by atoms with Crippen molar-refractivity contribution in [1.82, 2.24) is 14.9 Å². The number of carbonyl (C=O) groups excluding carboxylic acids is 1. The number of nitrogens with zero attached hydrogens (tertiary/aromatic N) is 4. The van der Waals surface area contributed by atoms with Crippen molar-refractivity contribution in [3.63, 3.8) is 0 Å². The van der Waals surface area contributed by atoms with E-state index in [1.165, 1.54) is 0 Å². The summed E-state index contributed by atoms with van der Waals surface area (Å²) in [6.07, 6.45) is 6.65. The second-order valence-electron chi connectivity index (χ2n) is 8.87. The molecule has 7 nitrogen and oxygen atoms in total. The number of hydrogen-bond donors (Lipinski definition) is 2. The van der Waals surface area contributed by atoms with Gasteiger partial charge in [-0.05, 0) is 56.2 Å². The molecule has 0 bridgehead atoms. The van der Waals surface area contributed by atoms with Crippen molar-refractivity contribution in [2.24, 2.45) is 11.7 Å². The van der Waals surface area contributed by atoms with Gasteiger partial charge < -0.3 is 20.6 Å². The molecule has 1 saturated heterocycles. The molecule has 0 unspecified atom stereocenters. The van der Waals surface area contributed by atoms with Crippen molar-refractivity contribution in [2.75, 3.05) is 31.6 Å². The fraction of sp³-hybridized carbons (Fsp3) is 0.522. The van der Waals surface area contributed by atoms with E-state index in [1.807, 2.05) is 44.4 Å². The molecular weight excluding hydrogens is 378 g/mol. The Labute approximate surface area is 178 Å². The van der Waals surface area contributed by atoms with Crippen LogP contribution < -0.4 is 10.6 Å².